The molecule has 1 aliphatic heterocycles. The molecule has 0 radical (unpaired) electrons. The Labute approximate surface area is 134 Å². The second-order valence-corrected chi connectivity index (χ2v) is 6.06. The molecule has 2 N–H and O–H groups in total. The summed E-state index contributed by atoms with van der Waals surface area (Å²) in [5.41, 5.74) is 3.13. The molecule has 1 atom stereocenters. The Kier molecular flexibility index (Phi) is 3.61. The van der Waals surface area contributed by atoms with E-state index < -0.39 is 0 Å². The lowest BCUT2D eigenvalue weighted by Crippen LogP contribution is -2.22. The van der Waals surface area contributed by atoms with Gasteiger partial charge in [-0.1, -0.05) is 12.1 Å². The molecule has 0 saturated carbocycles. The van der Waals surface area contributed by atoms with Gasteiger partial charge in [0.1, 0.15) is 5.82 Å². The molecule has 1 saturated heterocycles. The number of anilines is 2. The van der Waals surface area contributed by atoms with Crippen molar-refractivity contribution >= 4 is 22.7 Å². The highest BCUT2D eigenvalue weighted by atomic mass is 19.1. The molecule has 118 valence electrons. The molecule has 4 nitrogen and oxygen atoms in total. The summed E-state index contributed by atoms with van der Waals surface area (Å²) in [6.45, 7) is 2.88. The maximum absolute atomic E-state index is 13.0. The van der Waals surface area contributed by atoms with Crippen molar-refractivity contribution in [2.24, 2.45) is 5.92 Å². The number of H-pyrrole nitrogens is 1. The molecular weight excluding hydrogens is 291 g/mol. The molecule has 0 bridgehead atoms. The van der Waals surface area contributed by atoms with E-state index in [9.17, 15) is 4.39 Å². The number of para-hydroxylation sites is 2. The van der Waals surface area contributed by atoms with Gasteiger partial charge >= 0.3 is 0 Å². The number of halogens is 1. The molecule has 1 unspecified atom stereocenters. The lowest BCUT2D eigenvalue weighted by molar-refractivity contribution is 0.619. The molecule has 1 fully saturated rings. The van der Waals surface area contributed by atoms with E-state index in [1.54, 1.807) is 0 Å². The van der Waals surface area contributed by atoms with Crippen LogP contribution in [-0.2, 0) is 0 Å². The van der Waals surface area contributed by atoms with Crippen molar-refractivity contribution in [1.82, 2.24) is 9.97 Å². The van der Waals surface area contributed by atoms with E-state index in [0.29, 0.717) is 5.92 Å². The Morgan fingerprint density at radius 1 is 1.17 bits per heavy atom. The highest BCUT2D eigenvalue weighted by molar-refractivity contribution is 5.77. The van der Waals surface area contributed by atoms with E-state index in [2.05, 4.69) is 20.2 Å². The largest absolute Gasteiger partial charge is 0.371 e. The fourth-order valence-corrected chi connectivity index (χ4v) is 3.16. The lowest BCUT2D eigenvalue weighted by Gasteiger charge is -2.18. The predicted molar refractivity (Wildman–Crippen MR) is 91.3 cm³/mol. The molecule has 2 aromatic carbocycles. The van der Waals surface area contributed by atoms with Gasteiger partial charge in [0, 0.05) is 25.3 Å². The molecule has 5 heteroatoms. The van der Waals surface area contributed by atoms with Gasteiger partial charge in [-0.25, -0.2) is 9.37 Å². The topological polar surface area (TPSA) is 44.0 Å². The number of aromatic amines is 1. The lowest BCUT2D eigenvalue weighted by atomic mass is 10.1. The van der Waals surface area contributed by atoms with Crippen LogP contribution in [0.4, 0.5) is 16.0 Å². The van der Waals surface area contributed by atoms with Crippen LogP contribution >= 0.6 is 0 Å². The van der Waals surface area contributed by atoms with E-state index in [1.807, 2.05) is 36.4 Å². The molecule has 1 aliphatic rings. The van der Waals surface area contributed by atoms with E-state index in [-0.39, 0.29) is 5.82 Å². The number of aromatic nitrogens is 2. The minimum Gasteiger partial charge on any atom is -0.371 e. The monoisotopic (exact) mass is 310 g/mol. The quantitative estimate of drug-likeness (QED) is 0.773. The summed E-state index contributed by atoms with van der Waals surface area (Å²) in [7, 11) is 0. The fourth-order valence-electron chi connectivity index (χ4n) is 3.16. The van der Waals surface area contributed by atoms with Gasteiger partial charge in [-0.15, -0.1) is 0 Å². The van der Waals surface area contributed by atoms with E-state index >= 15 is 0 Å². The second-order valence-electron chi connectivity index (χ2n) is 6.06. The molecule has 0 spiro atoms. The zero-order valence-electron chi connectivity index (χ0n) is 12.8. The van der Waals surface area contributed by atoms with Crippen LogP contribution in [0.3, 0.4) is 0 Å². The fraction of sp³-hybridized carbons (Fsp3) is 0.278. The summed E-state index contributed by atoms with van der Waals surface area (Å²) in [6.07, 6.45) is 1.13. The minimum atomic E-state index is -0.184. The Hall–Kier alpha value is -2.56. The van der Waals surface area contributed by atoms with Crippen LogP contribution in [0.1, 0.15) is 6.42 Å². The van der Waals surface area contributed by atoms with Gasteiger partial charge in [-0.05, 0) is 48.7 Å². The molecule has 23 heavy (non-hydrogen) atoms. The van der Waals surface area contributed by atoms with Gasteiger partial charge in [0.15, 0.2) is 0 Å². The van der Waals surface area contributed by atoms with Gasteiger partial charge in [0.2, 0.25) is 5.95 Å². The standard InChI is InChI=1S/C18H19FN4/c19-14-5-7-15(8-6-14)23-10-9-13(12-23)11-20-18-21-16-3-1-2-4-17(16)22-18/h1-8,13H,9-12H2,(H2,20,21,22). The normalized spacial score (nSPS) is 17.8. The summed E-state index contributed by atoms with van der Waals surface area (Å²) in [5.74, 6) is 1.20. The van der Waals surface area contributed by atoms with Crippen LogP contribution in [0.5, 0.6) is 0 Å². The first kappa shape index (κ1) is 14.1. The Morgan fingerprint density at radius 2 is 2.00 bits per heavy atom. The number of rotatable bonds is 4. The first-order valence-electron chi connectivity index (χ1n) is 7.97. The number of nitrogens with one attached hydrogen (secondary N) is 2. The zero-order valence-corrected chi connectivity index (χ0v) is 12.8. The van der Waals surface area contributed by atoms with Crippen LogP contribution in [0.2, 0.25) is 0 Å². The van der Waals surface area contributed by atoms with E-state index in [0.717, 1.165) is 48.7 Å². The number of hydrogen-bond donors (Lipinski definition) is 2. The first-order valence-corrected chi connectivity index (χ1v) is 7.97. The van der Waals surface area contributed by atoms with Crippen molar-refractivity contribution in [2.75, 3.05) is 29.9 Å². The molecule has 1 aromatic heterocycles. The van der Waals surface area contributed by atoms with Gasteiger partial charge in [-0.3, -0.25) is 0 Å². The summed E-state index contributed by atoms with van der Waals surface area (Å²) in [4.78, 5) is 10.1. The third-order valence-electron chi connectivity index (χ3n) is 4.43. The maximum Gasteiger partial charge on any atom is 0.201 e. The third kappa shape index (κ3) is 2.99. The Bertz CT molecular complexity index is 763. The average Bonchev–Trinajstić information content (AvgIpc) is 3.20. The molecule has 2 heterocycles. The van der Waals surface area contributed by atoms with Crippen molar-refractivity contribution in [2.45, 2.75) is 6.42 Å². The van der Waals surface area contributed by atoms with Gasteiger partial charge in [-0.2, -0.15) is 0 Å². The van der Waals surface area contributed by atoms with Crippen LogP contribution in [0, 0.1) is 11.7 Å². The molecule has 0 aliphatic carbocycles. The van der Waals surface area contributed by atoms with E-state index in [4.69, 9.17) is 0 Å². The van der Waals surface area contributed by atoms with Crippen LogP contribution in [0.15, 0.2) is 48.5 Å². The van der Waals surface area contributed by atoms with Crippen LogP contribution in [0.25, 0.3) is 11.0 Å². The SMILES string of the molecule is Fc1ccc(N2CCC(CNc3nc4ccccc4[nH]3)C2)cc1. The van der Waals surface area contributed by atoms with Gasteiger partial charge < -0.3 is 15.2 Å². The number of hydrogen-bond acceptors (Lipinski definition) is 3. The highest BCUT2D eigenvalue weighted by Gasteiger charge is 2.22. The smallest absolute Gasteiger partial charge is 0.201 e. The second kappa shape index (κ2) is 5.91. The van der Waals surface area contributed by atoms with Gasteiger partial charge in [0.05, 0.1) is 11.0 Å². The number of fused-ring (bicyclic) bond motifs is 1. The summed E-state index contributed by atoms with van der Waals surface area (Å²) < 4.78 is 13.0. The number of benzene rings is 2. The van der Waals surface area contributed by atoms with Crippen molar-refractivity contribution in [3.8, 4) is 0 Å². The van der Waals surface area contributed by atoms with Crippen molar-refractivity contribution in [3.05, 3.63) is 54.3 Å². The van der Waals surface area contributed by atoms with Gasteiger partial charge in [0.25, 0.3) is 0 Å². The Morgan fingerprint density at radius 3 is 2.83 bits per heavy atom. The summed E-state index contributed by atoms with van der Waals surface area (Å²) >= 11 is 0. The predicted octanol–water partition coefficient (Wildman–Crippen LogP) is 3.64. The maximum atomic E-state index is 13.0. The van der Waals surface area contributed by atoms with Crippen molar-refractivity contribution in [3.63, 3.8) is 0 Å². The highest BCUT2D eigenvalue weighted by Crippen LogP contribution is 2.24. The third-order valence-corrected chi connectivity index (χ3v) is 4.43. The van der Waals surface area contributed by atoms with Crippen LogP contribution in [-0.4, -0.2) is 29.6 Å². The van der Waals surface area contributed by atoms with Crippen LogP contribution < -0.4 is 10.2 Å². The van der Waals surface area contributed by atoms with Crippen molar-refractivity contribution in [1.29, 1.82) is 0 Å². The summed E-state index contributed by atoms with van der Waals surface area (Å²) in [5, 5.41) is 3.40. The molecule has 0 amide bonds. The summed E-state index contributed by atoms with van der Waals surface area (Å²) in [6, 6.07) is 14.8. The average molecular weight is 310 g/mol. The number of nitrogens with zero attached hydrogens (tertiary/aromatic N) is 2. The number of imidazole rings is 1. The first-order chi connectivity index (χ1) is 11.3. The van der Waals surface area contributed by atoms with E-state index in [1.165, 1.54) is 12.1 Å². The molecule has 3 aromatic rings. The Balaban J connectivity index is 1.36. The minimum absolute atomic E-state index is 0.184. The molecule has 4 rings (SSSR count). The van der Waals surface area contributed by atoms with Crippen molar-refractivity contribution < 1.29 is 4.39 Å². The molecular formula is C18H19FN4. The zero-order chi connectivity index (χ0) is 15.6.